The number of hydrogen-bond acceptors (Lipinski definition) is 15. The highest BCUT2D eigenvalue weighted by Crippen LogP contribution is 2.31. The molecule has 202 valence electrons. The number of aliphatic hydroxyl groups is 6. The van der Waals surface area contributed by atoms with Gasteiger partial charge in [-0.25, -0.2) is 9.78 Å². The van der Waals surface area contributed by atoms with Gasteiger partial charge in [-0.1, -0.05) is 0 Å². The highest BCUT2D eigenvalue weighted by molar-refractivity contribution is 5.70. The van der Waals surface area contributed by atoms with Gasteiger partial charge in [-0.05, 0) is 0 Å². The lowest BCUT2D eigenvalue weighted by atomic mass is 10.1. The van der Waals surface area contributed by atoms with Crippen LogP contribution in [0.1, 0.15) is 12.5 Å². The van der Waals surface area contributed by atoms with Crippen molar-refractivity contribution in [2.75, 3.05) is 18.9 Å². The summed E-state index contributed by atoms with van der Waals surface area (Å²) < 4.78 is 12.4. The molecule has 0 spiro atoms. The van der Waals surface area contributed by atoms with Crippen molar-refractivity contribution in [1.29, 1.82) is 0 Å². The average molecular weight is 528 g/mol. The molecule has 0 saturated carbocycles. The van der Waals surface area contributed by atoms with E-state index in [0.717, 1.165) is 6.20 Å². The minimum Gasteiger partial charge on any atom is -0.394 e. The number of nitrogen functional groups attached to an aromatic ring is 1. The van der Waals surface area contributed by atoms with E-state index in [0.29, 0.717) is 4.68 Å². The van der Waals surface area contributed by atoms with Crippen molar-refractivity contribution in [3.8, 4) is 0 Å². The number of fused-ring (bicyclic) bond motifs is 1. The van der Waals surface area contributed by atoms with Crippen LogP contribution < -0.4 is 22.5 Å². The summed E-state index contributed by atoms with van der Waals surface area (Å²) >= 11 is 0. The summed E-state index contributed by atoms with van der Waals surface area (Å²) in [5.74, 6) is -0.101. The maximum Gasteiger partial charge on any atom is 0.347 e. The second-order valence-corrected chi connectivity index (χ2v) is 8.12. The summed E-state index contributed by atoms with van der Waals surface area (Å²) in [6.07, 6.45) is -7.36. The molecule has 19 nitrogen and oxygen atoms in total. The highest BCUT2D eigenvalue weighted by atomic mass is 16.6. The maximum atomic E-state index is 11.7. The molecular formula is C18H24N8O11. The Hall–Kier alpha value is -3.56. The Morgan fingerprint density at radius 3 is 2.08 bits per heavy atom. The van der Waals surface area contributed by atoms with Gasteiger partial charge >= 0.3 is 5.69 Å². The number of ether oxygens (including phenoxy) is 2. The number of nitrogens with two attached hydrogens (primary N) is 1. The fourth-order valence-corrected chi connectivity index (χ4v) is 3.86. The molecule has 5 heterocycles. The first kappa shape index (κ1) is 26.5. The number of anilines is 1. The predicted molar refractivity (Wildman–Crippen MR) is 118 cm³/mol. The standard InChI is InChI=1S/C10H13N5O5.C8H11N3O6/c11-10-13-7-4(8(19)14-10)12-2-15(7)9-6(18)5(17)3(1-16)20-9;12-2-3-5(14)6(15)7(17-3)11-8(16)10-4(13)1-9-11/h2-3,5-6,9,16-18H,1H2,(H3,11,13,14,19);1,3,5-7,12,14-15H,2H2,(H,10,13,16)/t3-,5-,6-,9-;3-,5-,6-,7-/m11/s1. The fraction of sp³-hybridized carbons (Fsp3) is 0.556. The van der Waals surface area contributed by atoms with Gasteiger partial charge in [-0.2, -0.15) is 14.8 Å². The van der Waals surface area contributed by atoms with Crippen LogP contribution in [0.15, 0.2) is 26.9 Å². The number of aromatic nitrogens is 7. The van der Waals surface area contributed by atoms with Crippen LogP contribution in [0.25, 0.3) is 11.2 Å². The number of nitrogens with zero attached hydrogens (tertiary/aromatic N) is 5. The van der Waals surface area contributed by atoms with Crippen molar-refractivity contribution in [3.63, 3.8) is 0 Å². The van der Waals surface area contributed by atoms with E-state index in [9.17, 15) is 34.8 Å². The Labute approximate surface area is 204 Å². The molecule has 19 heteroatoms. The van der Waals surface area contributed by atoms with Crippen LogP contribution in [0.4, 0.5) is 5.95 Å². The van der Waals surface area contributed by atoms with Crippen molar-refractivity contribution in [3.05, 3.63) is 43.7 Å². The van der Waals surface area contributed by atoms with Crippen LogP contribution in [0.2, 0.25) is 0 Å². The van der Waals surface area contributed by atoms with Gasteiger partial charge in [0.2, 0.25) is 5.95 Å². The van der Waals surface area contributed by atoms with Gasteiger partial charge in [-0.3, -0.25) is 24.1 Å². The van der Waals surface area contributed by atoms with Crippen molar-refractivity contribution in [1.82, 2.24) is 34.3 Å². The van der Waals surface area contributed by atoms with Crippen LogP contribution in [0.3, 0.4) is 0 Å². The third-order valence-corrected chi connectivity index (χ3v) is 5.74. The molecular weight excluding hydrogens is 504 g/mol. The predicted octanol–water partition coefficient (Wildman–Crippen LogP) is -6.14. The number of hydrogen-bond donors (Lipinski definition) is 9. The van der Waals surface area contributed by atoms with E-state index < -0.39 is 79.1 Å². The topological polar surface area (TPSA) is 297 Å². The van der Waals surface area contributed by atoms with E-state index in [1.54, 1.807) is 0 Å². The zero-order valence-electron chi connectivity index (χ0n) is 18.7. The Bertz CT molecular complexity index is 1420. The van der Waals surface area contributed by atoms with Crippen LogP contribution in [-0.4, -0.2) is 115 Å². The average Bonchev–Trinajstić information content (AvgIpc) is 3.49. The molecule has 3 aromatic rings. The Morgan fingerprint density at radius 1 is 0.919 bits per heavy atom. The van der Waals surface area contributed by atoms with Gasteiger partial charge in [0.05, 0.1) is 19.5 Å². The lowest BCUT2D eigenvalue weighted by molar-refractivity contribution is -0.0618. The summed E-state index contributed by atoms with van der Waals surface area (Å²) in [7, 11) is 0. The van der Waals surface area contributed by atoms with Crippen molar-refractivity contribution in [2.24, 2.45) is 0 Å². The molecule has 0 radical (unpaired) electrons. The summed E-state index contributed by atoms with van der Waals surface area (Å²) in [5.41, 5.74) is 3.56. The highest BCUT2D eigenvalue weighted by Gasteiger charge is 2.45. The molecule has 10 N–H and O–H groups in total. The van der Waals surface area contributed by atoms with Crippen LogP contribution >= 0.6 is 0 Å². The molecule has 0 unspecified atom stereocenters. The minimum atomic E-state index is -1.41. The molecule has 2 aliphatic heterocycles. The van der Waals surface area contributed by atoms with Crippen LogP contribution in [0, 0.1) is 0 Å². The van der Waals surface area contributed by atoms with Crippen molar-refractivity contribution in [2.45, 2.75) is 49.1 Å². The molecule has 2 fully saturated rings. The quantitative estimate of drug-likeness (QED) is 0.152. The largest absolute Gasteiger partial charge is 0.394 e. The van der Waals surface area contributed by atoms with Gasteiger partial charge in [0.1, 0.15) is 42.8 Å². The zero-order chi connectivity index (χ0) is 27.0. The first-order valence-electron chi connectivity index (χ1n) is 10.7. The molecule has 37 heavy (non-hydrogen) atoms. The van der Waals surface area contributed by atoms with E-state index in [-0.39, 0.29) is 17.1 Å². The SMILES string of the molecule is Nc1nc2c(ncn2[C@@H]2O[C@H](CO)[C@@H](O)[C@H]2O)c(=O)[nH]1.O=c1cnn([C@@H]2O[C@H](CO)[C@@H](O)[C@H]2O)c(=O)[nH]1. The summed E-state index contributed by atoms with van der Waals surface area (Å²) in [6, 6.07) is 0. The van der Waals surface area contributed by atoms with Crippen LogP contribution in [0.5, 0.6) is 0 Å². The Morgan fingerprint density at radius 2 is 1.51 bits per heavy atom. The van der Waals surface area contributed by atoms with Crippen molar-refractivity contribution >= 4 is 17.1 Å². The summed E-state index contributed by atoms with van der Waals surface area (Å²) in [5, 5.41) is 60.2. The fourth-order valence-electron chi connectivity index (χ4n) is 3.86. The van der Waals surface area contributed by atoms with E-state index in [1.165, 1.54) is 10.9 Å². The third-order valence-electron chi connectivity index (χ3n) is 5.74. The number of rotatable bonds is 4. The number of nitrogens with one attached hydrogen (secondary N) is 2. The maximum absolute atomic E-state index is 11.7. The van der Waals surface area contributed by atoms with E-state index in [4.69, 9.17) is 25.4 Å². The molecule has 0 amide bonds. The second-order valence-electron chi connectivity index (χ2n) is 8.12. The van der Waals surface area contributed by atoms with Gasteiger partial charge in [-0.15, -0.1) is 0 Å². The van der Waals surface area contributed by atoms with Crippen molar-refractivity contribution < 1.29 is 40.1 Å². The van der Waals surface area contributed by atoms with Crippen LogP contribution in [-0.2, 0) is 9.47 Å². The lowest BCUT2D eigenvalue weighted by Gasteiger charge is -2.16. The van der Waals surface area contributed by atoms with Gasteiger partial charge in [0, 0.05) is 0 Å². The first-order valence-corrected chi connectivity index (χ1v) is 10.7. The Balaban J connectivity index is 0.000000176. The molecule has 0 aliphatic carbocycles. The molecule has 2 saturated heterocycles. The van der Waals surface area contributed by atoms with E-state index >= 15 is 0 Å². The molecule has 2 aliphatic rings. The van der Waals surface area contributed by atoms with E-state index in [2.05, 4.69) is 20.1 Å². The third kappa shape index (κ3) is 4.89. The molecule has 8 atom stereocenters. The molecule has 5 rings (SSSR count). The number of aromatic amines is 2. The monoisotopic (exact) mass is 528 g/mol. The van der Waals surface area contributed by atoms with E-state index in [1.807, 2.05) is 4.98 Å². The van der Waals surface area contributed by atoms with Gasteiger partial charge in [0.25, 0.3) is 11.1 Å². The molecule has 0 aromatic carbocycles. The summed E-state index contributed by atoms with van der Waals surface area (Å²) in [6.45, 7) is -0.954. The number of imidazole rings is 1. The molecule has 3 aromatic heterocycles. The zero-order valence-corrected chi connectivity index (χ0v) is 18.7. The Kier molecular flexibility index (Phi) is 7.47. The number of H-pyrrole nitrogens is 2. The van der Waals surface area contributed by atoms with Gasteiger partial charge < -0.3 is 45.8 Å². The molecule has 0 bridgehead atoms. The smallest absolute Gasteiger partial charge is 0.347 e. The second kappa shape index (κ2) is 10.4. The number of aliphatic hydroxyl groups excluding tert-OH is 6. The first-order chi connectivity index (χ1) is 17.6. The minimum absolute atomic E-state index is 0.0388. The summed E-state index contributed by atoms with van der Waals surface area (Å²) in [4.78, 5) is 45.9. The van der Waals surface area contributed by atoms with Gasteiger partial charge in [0.15, 0.2) is 23.6 Å². The lowest BCUT2D eigenvalue weighted by Crippen LogP contribution is -2.39. The normalized spacial score (nSPS) is 31.4.